The molecule has 1 aliphatic heterocycles. The predicted octanol–water partition coefficient (Wildman–Crippen LogP) is 2.47. The normalized spacial score (nSPS) is 12.3. The molecule has 0 radical (unpaired) electrons. The quantitative estimate of drug-likeness (QED) is 0.856. The van der Waals surface area contributed by atoms with Crippen LogP contribution in [0.2, 0.25) is 0 Å². The largest absolute Gasteiger partial charge is 0.488 e. The Hall–Kier alpha value is -2.10. The molecule has 0 atom stereocenters. The fourth-order valence-electron chi connectivity index (χ4n) is 1.98. The average Bonchev–Trinajstić information content (AvgIpc) is 2.39. The first-order valence-corrected chi connectivity index (χ1v) is 5.71. The van der Waals surface area contributed by atoms with Gasteiger partial charge in [-0.1, -0.05) is 12.1 Å². The topological polar surface area (TPSA) is 47.0 Å². The average molecular weight is 227 g/mol. The fraction of sp³-hybridized carbons (Fsp3) is 0.231. The third-order valence-corrected chi connectivity index (χ3v) is 2.76. The van der Waals surface area contributed by atoms with Gasteiger partial charge < -0.3 is 10.1 Å². The lowest BCUT2D eigenvalue weighted by Gasteiger charge is -2.19. The van der Waals surface area contributed by atoms with Crippen LogP contribution in [0.3, 0.4) is 0 Å². The van der Waals surface area contributed by atoms with Crippen molar-refractivity contribution in [3.63, 3.8) is 0 Å². The van der Waals surface area contributed by atoms with Crippen molar-refractivity contribution in [2.45, 2.75) is 13.5 Å². The van der Waals surface area contributed by atoms with Crippen molar-refractivity contribution in [1.82, 2.24) is 10.2 Å². The van der Waals surface area contributed by atoms with Gasteiger partial charge in [0.25, 0.3) is 0 Å². The standard InChI is InChI=1S/C13H13N3O/c1-2-14-12-7-9-8-17-11-6-4-3-5-10(11)13(9)16-15-12/h3-7H,2,8H2,1H3,(H,14,15). The molecule has 1 N–H and O–H groups in total. The van der Waals surface area contributed by atoms with E-state index in [0.717, 1.165) is 34.9 Å². The first-order valence-electron chi connectivity index (χ1n) is 5.71. The van der Waals surface area contributed by atoms with Crippen molar-refractivity contribution in [3.8, 4) is 17.0 Å². The van der Waals surface area contributed by atoms with Crippen molar-refractivity contribution < 1.29 is 4.74 Å². The van der Waals surface area contributed by atoms with Crippen LogP contribution in [-0.4, -0.2) is 16.7 Å². The molecule has 4 nitrogen and oxygen atoms in total. The summed E-state index contributed by atoms with van der Waals surface area (Å²) in [4.78, 5) is 0. The minimum Gasteiger partial charge on any atom is -0.488 e. The number of nitrogens with one attached hydrogen (secondary N) is 1. The number of rotatable bonds is 2. The van der Waals surface area contributed by atoms with E-state index in [9.17, 15) is 0 Å². The van der Waals surface area contributed by atoms with Crippen molar-refractivity contribution >= 4 is 5.82 Å². The molecule has 4 heteroatoms. The molecule has 1 aliphatic rings. The molecule has 1 aromatic heterocycles. The van der Waals surface area contributed by atoms with Crippen molar-refractivity contribution in [1.29, 1.82) is 0 Å². The van der Waals surface area contributed by atoms with E-state index in [4.69, 9.17) is 4.74 Å². The summed E-state index contributed by atoms with van der Waals surface area (Å²) in [5.74, 6) is 1.68. The molecule has 2 heterocycles. The molecule has 86 valence electrons. The van der Waals surface area contributed by atoms with Crippen LogP contribution in [-0.2, 0) is 6.61 Å². The minimum absolute atomic E-state index is 0.556. The van der Waals surface area contributed by atoms with E-state index in [1.165, 1.54) is 0 Å². The van der Waals surface area contributed by atoms with Gasteiger partial charge in [-0.25, -0.2) is 0 Å². The van der Waals surface area contributed by atoms with Gasteiger partial charge in [0.15, 0.2) is 0 Å². The van der Waals surface area contributed by atoms with Gasteiger partial charge in [-0.05, 0) is 25.1 Å². The number of hydrogen-bond donors (Lipinski definition) is 1. The molecule has 0 bridgehead atoms. The Morgan fingerprint density at radius 3 is 3.06 bits per heavy atom. The Morgan fingerprint density at radius 2 is 2.18 bits per heavy atom. The van der Waals surface area contributed by atoms with E-state index in [0.29, 0.717) is 6.61 Å². The fourth-order valence-corrected chi connectivity index (χ4v) is 1.98. The van der Waals surface area contributed by atoms with Crippen LogP contribution in [0, 0.1) is 0 Å². The van der Waals surface area contributed by atoms with Crippen LogP contribution < -0.4 is 10.1 Å². The van der Waals surface area contributed by atoms with E-state index < -0.39 is 0 Å². The maximum absolute atomic E-state index is 5.69. The molecule has 1 aromatic carbocycles. The molecule has 0 fully saturated rings. The van der Waals surface area contributed by atoms with Crippen molar-refractivity contribution in [2.24, 2.45) is 0 Å². The number of nitrogens with zero attached hydrogens (tertiary/aromatic N) is 2. The lowest BCUT2D eigenvalue weighted by Crippen LogP contribution is -2.10. The SMILES string of the molecule is CCNc1cc2c(nn1)-c1ccccc1OC2. The van der Waals surface area contributed by atoms with E-state index in [-0.39, 0.29) is 0 Å². The zero-order valence-corrected chi connectivity index (χ0v) is 9.60. The van der Waals surface area contributed by atoms with Crippen LogP contribution >= 0.6 is 0 Å². The van der Waals surface area contributed by atoms with Gasteiger partial charge in [-0.2, -0.15) is 0 Å². The highest BCUT2D eigenvalue weighted by Gasteiger charge is 2.18. The van der Waals surface area contributed by atoms with Gasteiger partial charge in [-0.3, -0.25) is 0 Å². The summed E-state index contributed by atoms with van der Waals surface area (Å²) in [6.07, 6.45) is 0. The number of aromatic nitrogens is 2. The maximum atomic E-state index is 5.69. The Morgan fingerprint density at radius 1 is 1.29 bits per heavy atom. The predicted molar refractivity (Wildman–Crippen MR) is 66.0 cm³/mol. The Balaban J connectivity index is 2.08. The number of hydrogen-bond acceptors (Lipinski definition) is 4. The summed E-state index contributed by atoms with van der Waals surface area (Å²) in [5, 5.41) is 11.6. The number of anilines is 1. The maximum Gasteiger partial charge on any atom is 0.149 e. The lowest BCUT2D eigenvalue weighted by atomic mass is 10.0. The van der Waals surface area contributed by atoms with E-state index in [1.54, 1.807) is 0 Å². The highest BCUT2D eigenvalue weighted by molar-refractivity contribution is 5.72. The Kier molecular flexibility index (Phi) is 2.40. The van der Waals surface area contributed by atoms with Crippen LogP contribution in [0.1, 0.15) is 12.5 Å². The lowest BCUT2D eigenvalue weighted by molar-refractivity contribution is 0.301. The van der Waals surface area contributed by atoms with E-state index >= 15 is 0 Å². The van der Waals surface area contributed by atoms with Crippen molar-refractivity contribution in [3.05, 3.63) is 35.9 Å². The minimum atomic E-state index is 0.556. The van der Waals surface area contributed by atoms with Gasteiger partial charge in [0, 0.05) is 17.7 Å². The van der Waals surface area contributed by atoms with Gasteiger partial charge in [0.05, 0.1) is 0 Å². The van der Waals surface area contributed by atoms with E-state index in [1.807, 2.05) is 37.3 Å². The zero-order chi connectivity index (χ0) is 11.7. The molecule has 0 spiro atoms. The molecule has 0 aliphatic carbocycles. The second-order valence-corrected chi connectivity index (χ2v) is 3.92. The van der Waals surface area contributed by atoms with Gasteiger partial charge >= 0.3 is 0 Å². The van der Waals surface area contributed by atoms with Crippen LogP contribution in [0.5, 0.6) is 5.75 Å². The highest BCUT2D eigenvalue weighted by atomic mass is 16.5. The molecular formula is C13H13N3O. The van der Waals surface area contributed by atoms with Gasteiger partial charge in [0.2, 0.25) is 0 Å². The number of ether oxygens (including phenoxy) is 1. The Labute approximate surface area is 99.6 Å². The van der Waals surface area contributed by atoms with Crippen LogP contribution in [0.15, 0.2) is 30.3 Å². The first-order chi connectivity index (χ1) is 8.38. The highest BCUT2D eigenvalue weighted by Crippen LogP contribution is 2.35. The second kappa shape index (κ2) is 4.05. The van der Waals surface area contributed by atoms with Crippen LogP contribution in [0.4, 0.5) is 5.82 Å². The third-order valence-electron chi connectivity index (χ3n) is 2.76. The van der Waals surface area contributed by atoms with Crippen LogP contribution in [0.25, 0.3) is 11.3 Å². The number of fused-ring (bicyclic) bond motifs is 3. The molecule has 0 saturated carbocycles. The summed E-state index contributed by atoms with van der Waals surface area (Å²) < 4.78 is 5.69. The molecule has 0 unspecified atom stereocenters. The molecule has 17 heavy (non-hydrogen) atoms. The first kappa shape index (κ1) is 10.1. The van der Waals surface area contributed by atoms with Gasteiger partial charge in [0.1, 0.15) is 23.9 Å². The van der Waals surface area contributed by atoms with Gasteiger partial charge in [-0.15, -0.1) is 10.2 Å². The zero-order valence-electron chi connectivity index (χ0n) is 9.60. The molecular weight excluding hydrogens is 214 g/mol. The summed E-state index contributed by atoms with van der Waals surface area (Å²) in [6.45, 7) is 3.43. The van der Waals surface area contributed by atoms with Crippen molar-refractivity contribution in [2.75, 3.05) is 11.9 Å². The van der Waals surface area contributed by atoms with E-state index in [2.05, 4.69) is 15.5 Å². The molecule has 3 rings (SSSR count). The number of para-hydroxylation sites is 1. The number of benzene rings is 1. The molecule has 0 amide bonds. The third kappa shape index (κ3) is 1.71. The summed E-state index contributed by atoms with van der Waals surface area (Å²) >= 11 is 0. The summed E-state index contributed by atoms with van der Waals surface area (Å²) in [5.41, 5.74) is 3.02. The molecule has 0 saturated heterocycles. The summed E-state index contributed by atoms with van der Waals surface area (Å²) in [6, 6.07) is 9.91. The Bertz CT molecular complexity index is 554. The monoisotopic (exact) mass is 227 g/mol. The second-order valence-electron chi connectivity index (χ2n) is 3.92. The summed E-state index contributed by atoms with van der Waals surface area (Å²) in [7, 11) is 0. The smallest absolute Gasteiger partial charge is 0.149 e. The molecule has 2 aromatic rings.